The predicted molar refractivity (Wildman–Crippen MR) is 64.5 cm³/mol. The number of carbonyl (C=O) groups is 3. The van der Waals surface area contributed by atoms with Crippen LogP contribution in [0.15, 0.2) is 0 Å². The van der Waals surface area contributed by atoms with Crippen molar-refractivity contribution in [3.8, 4) is 0 Å². The first-order valence-electron chi connectivity index (χ1n) is 5.86. The van der Waals surface area contributed by atoms with Crippen LogP contribution in [0, 0.1) is 11.3 Å². The number of ketones is 2. The van der Waals surface area contributed by atoms with Crippen molar-refractivity contribution in [1.82, 2.24) is 0 Å². The fourth-order valence-electron chi connectivity index (χ4n) is 1.53. The third-order valence-electron chi connectivity index (χ3n) is 2.22. The van der Waals surface area contributed by atoms with Crippen LogP contribution in [0.4, 0.5) is 0 Å². The molecule has 0 aliphatic heterocycles. The third-order valence-corrected chi connectivity index (χ3v) is 2.22. The molecule has 98 valence electrons. The van der Waals surface area contributed by atoms with Crippen LogP contribution < -0.4 is 0 Å². The molecular formula is C13H22O4. The van der Waals surface area contributed by atoms with Crippen LogP contribution in [0.2, 0.25) is 0 Å². The molecule has 0 N–H and O–H groups in total. The van der Waals surface area contributed by atoms with Crippen LogP contribution in [-0.2, 0) is 19.1 Å². The van der Waals surface area contributed by atoms with Crippen LogP contribution in [0.25, 0.3) is 0 Å². The highest BCUT2D eigenvalue weighted by Crippen LogP contribution is 2.21. The molecule has 1 atom stereocenters. The Morgan fingerprint density at radius 2 is 1.71 bits per heavy atom. The van der Waals surface area contributed by atoms with Gasteiger partial charge in [-0.1, -0.05) is 20.8 Å². The molecular weight excluding hydrogens is 220 g/mol. The molecule has 0 spiro atoms. The molecule has 0 heterocycles. The van der Waals surface area contributed by atoms with E-state index in [1.54, 1.807) is 6.92 Å². The summed E-state index contributed by atoms with van der Waals surface area (Å²) in [6.45, 7) is 9.03. The van der Waals surface area contributed by atoms with Crippen molar-refractivity contribution in [3.63, 3.8) is 0 Å². The van der Waals surface area contributed by atoms with Gasteiger partial charge in [0.2, 0.25) is 0 Å². The lowest BCUT2D eigenvalue weighted by Crippen LogP contribution is -2.28. The maximum atomic E-state index is 11.7. The molecule has 0 fully saturated rings. The Morgan fingerprint density at radius 3 is 2.06 bits per heavy atom. The lowest BCUT2D eigenvalue weighted by atomic mass is 9.86. The Morgan fingerprint density at radius 1 is 1.18 bits per heavy atom. The molecule has 0 aliphatic rings. The zero-order valence-electron chi connectivity index (χ0n) is 11.3. The summed E-state index contributed by atoms with van der Waals surface area (Å²) in [4.78, 5) is 34.5. The van der Waals surface area contributed by atoms with Crippen molar-refractivity contribution < 1.29 is 19.1 Å². The summed E-state index contributed by atoms with van der Waals surface area (Å²) >= 11 is 0. The van der Waals surface area contributed by atoms with Gasteiger partial charge in [-0.05, 0) is 19.3 Å². The van der Waals surface area contributed by atoms with Crippen molar-refractivity contribution in [2.45, 2.75) is 47.5 Å². The summed E-state index contributed by atoms with van der Waals surface area (Å²) in [7, 11) is 0. The van der Waals surface area contributed by atoms with Crippen LogP contribution >= 0.6 is 0 Å². The highest BCUT2D eigenvalue weighted by Gasteiger charge is 2.28. The van der Waals surface area contributed by atoms with Gasteiger partial charge in [-0.25, -0.2) is 0 Å². The largest absolute Gasteiger partial charge is 0.465 e. The van der Waals surface area contributed by atoms with Crippen LogP contribution in [0.5, 0.6) is 0 Å². The van der Waals surface area contributed by atoms with Gasteiger partial charge in [0.15, 0.2) is 0 Å². The molecule has 4 nitrogen and oxygen atoms in total. The number of carbonyl (C=O) groups excluding carboxylic acids is 3. The van der Waals surface area contributed by atoms with Crippen LogP contribution in [0.1, 0.15) is 47.5 Å². The Labute approximate surface area is 103 Å². The first-order chi connectivity index (χ1) is 7.67. The summed E-state index contributed by atoms with van der Waals surface area (Å²) in [5.74, 6) is -1.93. The average Bonchev–Trinajstić information content (AvgIpc) is 2.11. The number of ether oxygens (including phenoxy) is 1. The zero-order valence-corrected chi connectivity index (χ0v) is 11.3. The standard InChI is InChI=1S/C13H22O4/c1-6-17-12(16)11(9(2)14)7-10(15)8-13(3,4)5/h11H,6-8H2,1-5H3. The number of rotatable bonds is 6. The van der Waals surface area contributed by atoms with Crippen LogP contribution in [-0.4, -0.2) is 24.1 Å². The van der Waals surface area contributed by atoms with Gasteiger partial charge in [-0.15, -0.1) is 0 Å². The number of Topliss-reactive ketones (excluding diaryl/α,β-unsaturated/α-hetero) is 2. The normalized spacial score (nSPS) is 13.0. The molecule has 0 bridgehead atoms. The van der Waals surface area contributed by atoms with E-state index < -0.39 is 11.9 Å². The van der Waals surface area contributed by atoms with Crippen molar-refractivity contribution in [2.24, 2.45) is 11.3 Å². The lowest BCUT2D eigenvalue weighted by Gasteiger charge is -2.18. The summed E-state index contributed by atoms with van der Waals surface area (Å²) in [5.41, 5.74) is -0.132. The predicted octanol–water partition coefficient (Wildman–Crippen LogP) is 2.15. The summed E-state index contributed by atoms with van der Waals surface area (Å²) in [6.07, 6.45) is 0.307. The Kier molecular flexibility index (Phi) is 6.07. The topological polar surface area (TPSA) is 60.4 Å². The van der Waals surface area contributed by atoms with Crippen molar-refractivity contribution >= 4 is 17.5 Å². The minimum absolute atomic E-state index is 0.0502. The van der Waals surface area contributed by atoms with E-state index in [2.05, 4.69) is 0 Å². The second kappa shape index (κ2) is 6.52. The fourth-order valence-corrected chi connectivity index (χ4v) is 1.53. The quantitative estimate of drug-likeness (QED) is 0.529. The Hall–Kier alpha value is -1.19. The fraction of sp³-hybridized carbons (Fsp3) is 0.769. The number of hydrogen-bond acceptors (Lipinski definition) is 4. The second-order valence-corrected chi connectivity index (χ2v) is 5.40. The molecule has 0 aliphatic carbocycles. The van der Waals surface area contributed by atoms with Gasteiger partial charge in [0, 0.05) is 12.8 Å². The number of hydrogen-bond donors (Lipinski definition) is 0. The Bertz CT molecular complexity index is 299. The molecule has 0 saturated heterocycles. The molecule has 0 amide bonds. The number of esters is 1. The minimum Gasteiger partial charge on any atom is -0.465 e. The van der Waals surface area contributed by atoms with E-state index in [0.717, 1.165) is 0 Å². The SMILES string of the molecule is CCOC(=O)C(CC(=O)CC(C)(C)C)C(C)=O. The highest BCUT2D eigenvalue weighted by molar-refractivity contribution is 6.01. The summed E-state index contributed by atoms with van der Waals surface area (Å²) in [6, 6.07) is 0. The molecule has 0 saturated carbocycles. The summed E-state index contributed by atoms with van der Waals surface area (Å²) in [5, 5.41) is 0. The van der Waals surface area contributed by atoms with Gasteiger partial charge in [-0.3, -0.25) is 14.4 Å². The van der Waals surface area contributed by atoms with E-state index >= 15 is 0 Å². The molecule has 1 unspecified atom stereocenters. The van der Waals surface area contributed by atoms with Crippen molar-refractivity contribution in [3.05, 3.63) is 0 Å². The van der Waals surface area contributed by atoms with Gasteiger partial charge in [0.1, 0.15) is 17.5 Å². The molecule has 0 rings (SSSR count). The van der Waals surface area contributed by atoms with E-state index in [0.29, 0.717) is 6.42 Å². The molecule has 0 radical (unpaired) electrons. The minimum atomic E-state index is -0.940. The smallest absolute Gasteiger partial charge is 0.316 e. The average molecular weight is 242 g/mol. The van der Waals surface area contributed by atoms with E-state index in [9.17, 15) is 14.4 Å². The molecule has 0 aromatic heterocycles. The van der Waals surface area contributed by atoms with Gasteiger partial charge in [0.25, 0.3) is 0 Å². The monoisotopic (exact) mass is 242 g/mol. The first-order valence-corrected chi connectivity index (χ1v) is 5.86. The van der Waals surface area contributed by atoms with Gasteiger partial charge in [-0.2, -0.15) is 0 Å². The maximum Gasteiger partial charge on any atom is 0.316 e. The molecule has 0 aromatic carbocycles. The third kappa shape index (κ3) is 6.87. The van der Waals surface area contributed by atoms with Gasteiger partial charge in [0.05, 0.1) is 6.61 Å². The lowest BCUT2D eigenvalue weighted by molar-refractivity contribution is -0.153. The van der Waals surface area contributed by atoms with Crippen LogP contribution in [0.3, 0.4) is 0 Å². The van der Waals surface area contributed by atoms with Gasteiger partial charge < -0.3 is 4.74 Å². The summed E-state index contributed by atoms with van der Waals surface area (Å²) < 4.78 is 4.78. The molecule has 17 heavy (non-hydrogen) atoms. The van der Waals surface area contributed by atoms with E-state index in [1.165, 1.54) is 6.92 Å². The van der Waals surface area contributed by atoms with Crippen molar-refractivity contribution in [2.75, 3.05) is 6.61 Å². The van der Waals surface area contributed by atoms with Gasteiger partial charge >= 0.3 is 5.97 Å². The van der Waals surface area contributed by atoms with E-state index in [1.807, 2.05) is 20.8 Å². The molecule has 4 heteroatoms. The highest BCUT2D eigenvalue weighted by atomic mass is 16.5. The maximum absolute atomic E-state index is 11.7. The van der Waals surface area contributed by atoms with E-state index in [4.69, 9.17) is 4.74 Å². The molecule has 0 aromatic rings. The Balaban J connectivity index is 4.51. The van der Waals surface area contributed by atoms with E-state index in [-0.39, 0.29) is 30.0 Å². The zero-order chi connectivity index (χ0) is 13.6. The van der Waals surface area contributed by atoms with Crippen molar-refractivity contribution in [1.29, 1.82) is 0 Å². The first kappa shape index (κ1) is 15.8. The second-order valence-electron chi connectivity index (χ2n) is 5.40.